The van der Waals surface area contributed by atoms with Crippen LogP contribution in [0.5, 0.6) is 0 Å². The summed E-state index contributed by atoms with van der Waals surface area (Å²) in [4.78, 5) is 13.4. The van der Waals surface area contributed by atoms with Gasteiger partial charge in [-0.3, -0.25) is 4.79 Å². The van der Waals surface area contributed by atoms with Crippen LogP contribution in [0.3, 0.4) is 0 Å². The third-order valence-corrected chi connectivity index (χ3v) is 3.26. The molecule has 0 aromatic rings. The zero-order chi connectivity index (χ0) is 10.6. The zero-order valence-corrected chi connectivity index (χ0v) is 9.20. The fourth-order valence-electron chi connectivity index (χ4n) is 1.97. The fraction of sp³-hybridized carbons (Fsp3) is 0.909. The van der Waals surface area contributed by atoms with Crippen LogP contribution in [0, 0.1) is 5.92 Å². The van der Waals surface area contributed by atoms with Gasteiger partial charge in [0.1, 0.15) is 0 Å². The van der Waals surface area contributed by atoms with E-state index in [0.717, 1.165) is 0 Å². The lowest BCUT2D eigenvalue weighted by Gasteiger charge is -2.24. The number of carbonyl (C=O) groups excluding carboxylic acids is 1. The minimum atomic E-state index is -0.0519. The van der Waals surface area contributed by atoms with Gasteiger partial charge in [0.25, 0.3) is 0 Å². The molecular weight excluding hydrogens is 178 g/mol. The second kappa shape index (κ2) is 5.35. The summed E-state index contributed by atoms with van der Waals surface area (Å²) < 4.78 is 0. The van der Waals surface area contributed by atoms with Gasteiger partial charge < -0.3 is 10.0 Å². The maximum Gasteiger partial charge on any atom is 0.222 e. The Balaban J connectivity index is 2.32. The lowest BCUT2D eigenvalue weighted by atomic mass is 10.0. The molecule has 3 heteroatoms. The normalized spacial score (nSPS) is 19.6. The maximum absolute atomic E-state index is 11.7. The van der Waals surface area contributed by atoms with Crippen molar-refractivity contribution in [1.29, 1.82) is 0 Å². The van der Waals surface area contributed by atoms with Gasteiger partial charge >= 0.3 is 0 Å². The van der Waals surface area contributed by atoms with Crippen LogP contribution in [0.1, 0.15) is 39.0 Å². The molecule has 1 atom stereocenters. The Morgan fingerprint density at radius 2 is 2.07 bits per heavy atom. The standard InChI is InChI=1S/C11H21NO2/c1-9(8-13)12(2)11(14)7-10-5-3-4-6-10/h9-10,13H,3-8H2,1-2H3. The van der Waals surface area contributed by atoms with Gasteiger partial charge in [-0.1, -0.05) is 12.8 Å². The summed E-state index contributed by atoms with van der Waals surface area (Å²) >= 11 is 0. The maximum atomic E-state index is 11.7. The van der Waals surface area contributed by atoms with Gasteiger partial charge in [-0.15, -0.1) is 0 Å². The van der Waals surface area contributed by atoms with E-state index in [1.165, 1.54) is 25.7 Å². The second-order valence-corrected chi connectivity index (χ2v) is 4.39. The molecule has 0 aromatic heterocycles. The number of nitrogens with zero attached hydrogens (tertiary/aromatic N) is 1. The van der Waals surface area contributed by atoms with E-state index in [4.69, 9.17) is 5.11 Å². The fourth-order valence-corrected chi connectivity index (χ4v) is 1.97. The molecule has 1 unspecified atom stereocenters. The molecule has 1 rings (SSSR count). The Bertz CT molecular complexity index is 188. The molecule has 0 bridgehead atoms. The highest BCUT2D eigenvalue weighted by atomic mass is 16.3. The van der Waals surface area contributed by atoms with Gasteiger partial charge in [-0.05, 0) is 25.7 Å². The van der Waals surface area contributed by atoms with Crippen molar-refractivity contribution in [2.45, 2.75) is 45.1 Å². The van der Waals surface area contributed by atoms with Crippen LogP contribution in [0.25, 0.3) is 0 Å². The first-order chi connectivity index (χ1) is 6.65. The van der Waals surface area contributed by atoms with Crippen molar-refractivity contribution in [1.82, 2.24) is 4.90 Å². The highest BCUT2D eigenvalue weighted by Gasteiger charge is 2.22. The Labute approximate surface area is 86.1 Å². The summed E-state index contributed by atoms with van der Waals surface area (Å²) in [6, 6.07) is -0.0519. The molecule has 82 valence electrons. The lowest BCUT2D eigenvalue weighted by Crippen LogP contribution is -2.37. The van der Waals surface area contributed by atoms with Crippen LogP contribution in [-0.4, -0.2) is 35.6 Å². The van der Waals surface area contributed by atoms with Crippen LogP contribution >= 0.6 is 0 Å². The highest BCUT2D eigenvalue weighted by molar-refractivity contribution is 5.76. The number of hydrogen-bond acceptors (Lipinski definition) is 2. The first-order valence-electron chi connectivity index (χ1n) is 5.51. The van der Waals surface area contributed by atoms with Crippen LogP contribution < -0.4 is 0 Å². The average molecular weight is 199 g/mol. The predicted molar refractivity (Wildman–Crippen MR) is 55.9 cm³/mol. The summed E-state index contributed by atoms with van der Waals surface area (Å²) in [5.41, 5.74) is 0. The summed E-state index contributed by atoms with van der Waals surface area (Å²) in [6.07, 6.45) is 5.62. The van der Waals surface area contributed by atoms with E-state index < -0.39 is 0 Å². The Kier molecular flexibility index (Phi) is 4.39. The summed E-state index contributed by atoms with van der Waals surface area (Å²) in [7, 11) is 1.78. The van der Waals surface area contributed by atoms with Gasteiger partial charge in [0.2, 0.25) is 5.91 Å². The third kappa shape index (κ3) is 2.98. The molecule has 14 heavy (non-hydrogen) atoms. The van der Waals surface area contributed by atoms with E-state index in [1.54, 1.807) is 11.9 Å². The number of rotatable bonds is 4. The summed E-state index contributed by atoms with van der Waals surface area (Å²) in [5, 5.41) is 8.92. The summed E-state index contributed by atoms with van der Waals surface area (Å²) in [5.74, 6) is 0.772. The molecule has 1 N–H and O–H groups in total. The molecule has 1 saturated carbocycles. The Morgan fingerprint density at radius 3 is 2.57 bits per heavy atom. The first-order valence-corrected chi connectivity index (χ1v) is 5.51. The van der Waals surface area contributed by atoms with Gasteiger partial charge in [-0.2, -0.15) is 0 Å². The van der Waals surface area contributed by atoms with Crippen LogP contribution in [0.2, 0.25) is 0 Å². The molecule has 0 aliphatic heterocycles. The van der Waals surface area contributed by atoms with E-state index in [-0.39, 0.29) is 18.6 Å². The largest absolute Gasteiger partial charge is 0.394 e. The molecule has 1 aliphatic carbocycles. The number of carbonyl (C=O) groups is 1. The number of aliphatic hydroxyl groups excluding tert-OH is 1. The van der Waals surface area contributed by atoms with Crippen LogP contribution in [-0.2, 0) is 4.79 Å². The molecule has 0 saturated heterocycles. The van der Waals surface area contributed by atoms with Gasteiger partial charge in [0.15, 0.2) is 0 Å². The van der Waals surface area contributed by atoms with Crippen molar-refractivity contribution in [3.8, 4) is 0 Å². The van der Waals surface area contributed by atoms with Gasteiger partial charge in [0.05, 0.1) is 12.6 Å². The minimum absolute atomic E-state index is 0.0485. The molecule has 1 fully saturated rings. The van der Waals surface area contributed by atoms with Gasteiger partial charge in [-0.25, -0.2) is 0 Å². The molecule has 3 nitrogen and oxygen atoms in total. The minimum Gasteiger partial charge on any atom is -0.394 e. The second-order valence-electron chi connectivity index (χ2n) is 4.39. The molecule has 1 amide bonds. The molecular formula is C11H21NO2. The van der Waals surface area contributed by atoms with Crippen LogP contribution in [0.4, 0.5) is 0 Å². The van der Waals surface area contributed by atoms with Gasteiger partial charge in [0, 0.05) is 13.5 Å². The molecule has 1 aliphatic rings. The molecule has 0 spiro atoms. The quantitative estimate of drug-likeness (QED) is 0.743. The van der Waals surface area contributed by atoms with E-state index >= 15 is 0 Å². The Morgan fingerprint density at radius 1 is 1.50 bits per heavy atom. The van der Waals surface area contributed by atoms with E-state index in [9.17, 15) is 4.79 Å². The molecule has 0 radical (unpaired) electrons. The SMILES string of the molecule is CC(CO)N(C)C(=O)CC1CCCC1. The lowest BCUT2D eigenvalue weighted by molar-refractivity contribution is -0.133. The van der Waals surface area contributed by atoms with Crippen molar-refractivity contribution < 1.29 is 9.90 Å². The molecule has 0 aromatic carbocycles. The van der Waals surface area contributed by atoms with Crippen molar-refractivity contribution in [2.24, 2.45) is 5.92 Å². The number of hydrogen-bond donors (Lipinski definition) is 1. The Hall–Kier alpha value is -0.570. The van der Waals surface area contributed by atoms with Crippen molar-refractivity contribution in [2.75, 3.05) is 13.7 Å². The van der Waals surface area contributed by atoms with Crippen LogP contribution in [0.15, 0.2) is 0 Å². The van der Waals surface area contributed by atoms with E-state index in [1.807, 2.05) is 6.92 Å². The summed E-state index contributed by atoms with van der Waals surface area (Å²) in [6.45, 7) is 1.92. The monoisotopic (exact) mass is 199 g/mol. The topological polar surface area (TPSA) is 40.5 Å². The van der Waals surface area contributed by atoms with E-state index in [0.29, 0.717) is 12.3 Å². The zero-order valence-electron chi connectivity index (χ0n) is 9.20. The average Bonchev–Trinajstić information content (AvgIpc) is 2.68. The van der Waals surface area contributed by atoms with E-state index in [2.05, 4.69) is 0 Å². The molecule has 0 heterocycles. The van der Waals surface area contributed by atoms with Crippen molar-refractivity contribution >= 4 is 5.91 Å². The third-order valence-electron chi connectivity index (χ3n) is 3.26. The van der Waals surface area contributed by atoms with Crippen molar-refractivity contribution in [3.05, 3.63) is 0 Å². The smallest absolute Gasteiger partial charge is 0.222 e. The number of amides is 1. The number of aliphatic hydroxyl groups is 1. The predicted octanol–water partition coefficient (Wildman–Crippen LogP) is 1.41. The first kappa shape index (κ1) is 11.5. The highest BCUT2D eigenvalue weighted by Crippen LogP contribution is 2.28. The number of likely N-dealkylation sites (N-methyl/N-ethyl adjacent to an activating group) is 1. The van der Waals surface area contributed by atoms with Crippen molar-refractivity contribution in [3.63, 3.8) is 0 Å².